The zero-order valence-corrected chi connectivity index (χ0v) is 11.9. The molecule has 0 bridgehead atoms. The molecule has 0 aromatic carbocycles. The standard InChI is InChI=1S/C14H21ClN2O2/c15-6-2-1-5-14(18)17-9-7-16(8-10-17)12-13-4-3-11-19-13/h3-4,11H,1-2,5-10,12H2. The van der Waals surface area contributed by atoms with Gasteiger partial charge in [-0.15, -0.1) is 11.6 Å². The van der Waals surface area contributed by atoms with Crippen LogP contribution in [0, 0.1) is 0 Å². The summed E-state index contributed by atoms with van der Waals surface area (Å²) in [5.74, 6) is 1.90. The van der Waals surface area contributed by atoms with Crippen molar-refractivity contribution in [3.63, 3.8) is 0 Å². The number of alkyl halides is 1. The van der Waals surface area contributed by atoms with E-state index < -0.39 is 0 Å². The van der Waals surface area contributed by atoms with Gasteiger partial charge in [-0.25, -0.2) is 0 Å². The van der Waals surface area contributed by atoms with E-state index in [1.807, 2.05) is 17.0 Å². The van der Waals surface area contributed by atoms with Gasteiger partial charge in [0, 0.05) is 38.5 Å². The Kier molecular flexibility index (Phi) is 5.73. The summed E-state index contributed by atoms with van der Waals surface area (Å²) in [6.07, 6.45) is 4.15. The van der Waals surface area contributed by atoms with Gasteiger partial charge >= 0.3 is 0 Å². The highest BCUT2D eigenvalue weighted by Crippen LogP contribution is 2.10. The Morgan fingerprint density at radius 3 is 2.68 bits per heavy atom. The van der Waals surface area contributed by atoms with E-state index in [9.17, 15) is 4.79 Å². The second-order valence-corrected chi connectivity index (χ2v) is 5.26. The molecule has 2 rings (SSSR count). The van der Waals surface area contributed by atoms with E-state index in [1.54, 1.807) is 6.26 Å². The molecule has 1 aromatic rings. The lowest BCUT2D eigenvalue weighted by atomic mass is 10.2. The number of piperazine rings is 1. The Hall–Kier alpha value is -1.00. The molecule has 0 saturated carbocycles. The Morgan fingerprint density at radius 1 is 1.26 bits per heavy atom. The highest BCUT2D eigenvalue weighted by Gasteiger charge is 2.20. The lowest BCUT2D eigenvalue weighted by molar-refractivity contribution is -0.133. The van der Waals surface area contributed by atoms with Gasteiger partial charge in [-0.2, -0.15) is 0 Å². The van der Waals surface area contributed by atoms with Gasteiger partial charge in [-0.05, 0) is 25.0 Å². The summed E-state index contributed by atoms with van der Waals surface area (Å²) in [4.78, 5) is 16.2. The van der Waals surface area contributed by atoms with Gasteiger partial charge in [0.15, 0.2) is 0 Å². The lowest BCUT2D eigenvalue weighted by Crippen LogP contribution is -2.48. The fraction of sp³-hybridized carbons (Fsp3) is 0.643. The van der Waals surface area contributed by atoms with Crippen LogP contribution < -0.4 is 0 Å². The number of carbonyl (C=O) groups is 1. The first kappa shape index (κ1) is 14.4. The van der Waals surface area contributed by atoms with Crippen LogP contribution in [0.4, 0.5) is 0 Å². The van der Waals surface area contributed by atoms with Crippen molar-refractivity contribution >= 4 is 17.5 Å². The normalized spacial score (nSPS) is 16.8. The number of amides is 1. The first-order chi connectivity index (χ1) is 9.29. The summed E-state index contributed by atoms with van der Waals surface area (Å²) in [6.45, 7) is 4.31. The van der Waals surface area contributed by atoms with Crippen LogP contribution in [-0.4, -0.2) is 47.8 Å². The highest BCUT2D eigenvalue weighted by atomic mass is 35.5. The highest BCUT2D eigenvalue weighted by molar-refractivity contribution is 6.17. The second-order valence-electron chi connectivity index (χ2n) is 4.88. The van der Waals surface area contributed by atoms with Crippen molar-refractivity contribution in [2.24, 2.45) is 0 Å². The zero-order valence-electron chi connectivity index (χ0n) is 11.2. The summed E-state index contributed by atoms with van der Waals surface area (Å²) in [5.41, 5.74) is 0. The number of furan rings is 1. The van der Waals surface area contributed by atoms with E-state index in [0.29, 0.717) is 12.3 Å². The molecular formula is C14H21ClN2O2. The molecule has 0 N–H and O–H groups in total. The van der Waals surface area contributed by atoms with Gasteiger partial charge in [0.1, 0.15) is 5.76 Å². The maximum Gasteiger partial charge on any atom is 0.222 e. The number of hydrogen-bond acceptors (Lipinski definition) is 3. The number of carbonyl (C=O) groups excluding carboxylic acids is 1. The van der Waals surface area contributed by atoms with Crippen molar-refractivity contribution in [3.05, 3.63) is 24.2 Å². The summed E-state index contributed by atoms with van der Waals surface area (Å²) < 4.78 is 5.34. The van der Waals surface area contributed by atoms with Crippen LogP contribution in [-0.2, 0) is 11.3 Å². The van der Waals surface area contributed by atoms with Crippen LogP contribution in [0.15, 0.2) is 22.8 Å². The molecule has 19 heavy (non-hydrogen) atoms. The van der Waals surface area contributed by atoms with Gasteiger partial charge in [-0.3, -0.25) is 9.69 Å². The molecule has 4 nitrogen and oxygen atoms in total. The maximum atomic E-state index is 11.9. The molecule has 1 fully saturated rings. The minimum absolute atomic E-state index is 0.266. The van der Waals surface area contributed by atoms with E-state index in [2.05, 4.69) is 4.90 Å². The second kappa shape index (κ2) is 7.56. The first-order valence-electron chi connectivity index (χ1n) is 6.88. The smallest absolute Gasteiger partial charge is 0.222 e. The van der Waals surface area contributed by atoms with Crippen molar-refractivity contribution in [1.82, 2.24) is 9.80 Å². The SMILES string of the molecule is O=C(CCCCCl)N1CCN(Cc2ccco2)CC1. The molecular weight excluding hydrogens is 264 g/mol. The molecule has 5 heteroatoms. The summed E-state index contributed by atoms with van der Waals surface area (Å²) in [5, 5.41) is 0. The molecule has 0 radical (unpaired) electrons. The van der Waals surface area contributed by atoms with Gasteiger partial charge in [0.2, 0.25) is 5.91 Å². The van der Waals surface area contributed by atoms with Gasteiger partial charge in [0.25, 0.3) is 0 Å². The molecule has 106 valence electrons. The van der Waals surface area contributed by atoms with E-state index in [4.69, 9.17) is 16.0 Å². The first-order valence-corrected chi connectivity index (χ1v) is 7.41. The molecule has 1 aliphatic rings. The van der Waals surface area contributed by atoms with E-state index in [1.165, 1.54) is 0 Å². The van der Waals surface area contributed by atoms with Crippen LogP contribution >= 0.6 is 11.6 Å². The number of hydrogen-bond donors (Lipinski definition) is 0. The predicted octanol–water partition coefficient (Wildman–Crippen LogP) is 2.33. The number of unbranched alkanes of at least 4 members (excludes halogenated alkanes) is 1. The van der Waals surface area contributed by atoms with Crippen molar-refractivity contribution < 1.29 is 9.21 Å². The molecule has 1 aromatic heterocycles. The Labute approximate surface area is 119 Å². The topological polar surface area (TPSA) is 36.7 Å². The molecule has 0 unspecified atom stereocenters. The summed E-state index contributed by atoms with van der Waals surface area (Å²) in [6, 6.07) is 3.90. The van der Waals surface area contributed by atoms with E-state index in [0.717, 1.165) is 51.3 Å². The minimum Gasteiger partial charge on any atom is -0.468 e. The van der Waals surface area contributed by atoms with Crippen LogP contribution in [0.3, 0.4) is 0 Å². The van der Waals surface area contributed by atoms with Crippen LogP contribution in [0.25, 0.3) is 0 Å². The number of halogens is 1. The number of rotatable bonds is 6. The third-order valence-corrected chi connectivity index (χ3v) is 3.73. The monoisotopic (exact) mass is 284 g/mol. The Balaban J connectivity index is 1.68. The number of nitrogens with zero attached hydrogens (tertiary/aromatic N) is 2. The van der Waals surface area contributed by atoms with Crippen molar-refractivity contribution in [1.29, 1.82) is 0 Å². The maximum absolute atomic E-state index is 11.9. The fourth-order valence-corrected chi connectivity index (χ4v) is 2.50. The third kappa shape index (κ3) is 4.55. The lowest BCUT2D eigenvalue weighted by Gasteiger charge is -2.34. The average Bonchev–Trinajstić information content (AvgIpc) is 2.93. The molecule has 0 atom stereocenters. The predicted molar refractivity (Wildman–Crippen MR) is 75.1 cm³/mol. The zero-order chi connectivity index (χ0) is 13.5. The molecule has 1 amide bonds. The van der Waals surface area contributed by atoms with Gasteiger partial charge in [-0.1, -0.05) is 0 Å². The average molecular weight is 285 g/mol. The van der Waals surface area contributed by atoms with Gasteiger partial charge in [0.05, 0.1) is 12.8 Å². The summed E-state index contributed by atoms with van der Waals surface area (Å²) in [7, 11) is 0. The quantitative estimate of drug-likeness (QED) is 0.594. The van der Waals surface area contributed by atoms with Crippen LogP contribution in [0.2, 0.25) is 0 Å². The van der Waals surface area contributed by atoms with E-state index in [-0.39, 0.29) is 5.91 Å². The molecule has 1 aliphatic heterocycles. The third-order valence-electron chi connectivity index (χ3n) is 3.46. The van der Waals surface area contributed by atoms with Crippen LogP contribution in [0.1, 0.15) is 25.0 Å². The van der Waals surface area contributed by atoms with Crippen molar-refractivity contribution in [2.45, 2.75) is 25.8 Å². The molecule has 2 heterocycles. The van der Waals surface area contributed by atoms with E-state index >= 15 is 0 Å². The Bertz CT molecular complexity index is 373. The fourth-order valence-electron chi connectivity index (χ4n) is 2.31. The molecule has 1 saturated heterocycles. The van der Waals surface area contributed by atoms with Crippen molar-refractivity contribution in [2.75, 3.05) is 32.1 Å². The molecule has 0 spiro atoms. The van der Waals surface area contributed by atoms with Crippen LogP contribution in [0.5, 0.6) is 0 Å². The van der Waals surface area contributed by atoms with Gasteiger partial charge < -0.3 is 9.32 Å². The summed E-state index contributed by atoms with van der Waals surface area (Å²) >= 11 is 5.62. The van der Waals surface area contributed by atoms with Crippen molar-refractivity contribution in [3.8, 4) is 0 Å². The molecule has 0 aliphatic carbocycles. The minimum atomic E-state index is 0.266. The Morgan fingerprint density at radius 2 is 2.05 bits per heavy atom. The largest absolute Gasteiger partial charge is 0.468 e.